The quantitative estimate of drug-likeness (QED) is 0.736. The molecule has 9 heteroatoms. The molecule has 1 fully saturated rings. The molecule has 0 atom stereocenters. The molecule has 0 bridgehead atoms. The van der Waals surface area contributed by atoms with Crippen molar-refractivity contribution in [2.45, 2.75) is 37.5 Å². The van der Waals surface area contributed by atoms with Gasteiger partial charge in [0.2, 0.25) is 10.0 Å². The Morgan fingerprint density at radius 2 is 1.85 bits per heavy atom. The van der Waals surface area contributed by atoms with Gasteiger partial charge in [-0.2, -0.15) is 4.31 Å². The van der Waals surface area contributed by atoms with Crippen molar-refractivity contribution in [2.24, 2.45) is 0 Å². The third-order valence-electron chi connectivity index (χ3n) is 4.06. The second-order valence-electron chi connectivity index (χ2n) is 5.99. The summed E-state index contributed by atoms with van der Waals surface area (Å²) in [6.45, 7) is 2.62. The minimum Gasteiger partial charge on any atom is -0.452 e. The van der Waals surface area contributed by atoms with Crippen LogP contribution in [0.4, 0.5) is 0 Å². The van der Waals surface area contributed by atoms with Gasteiger partial charge in [0.25, 0.3) is 5.91 Å². The maximum absolute atomic E-state index is 12.9. The third kappa shape index (κ3) is 5.18. The van der Waals surface area contributed by atoms with Gasteiger partial charge >= 0.3 is 5.97 Å². The van der Waals surface area contributed by atoms with Crippen LogP contribution in [-0.4, -0.2) is 50.8 Å². The van der Waals surface area contributed by atoms with Gasteiger partial charge < -0.3 is 10.1 Å². The highest BCUT2D eigenvalue weighted by Gasteiger charge is 2.28. The molecule has 0 spiro atoms. The Hall–Kier alpha value is -1.64. The molecule has 1 N–H and O–H groups in total. The average Bonchev–Trinajstić information content (AvgIpc) is 2.90. The number of hydrogen-bond donors (Lipinski definition) is 1. The second-order valence-corrected chi connectivity index (χ2v) is 8.31. The molecule has 0 unspecified atom stereocenters. The Bertz CT molecular complexity index is 758. The topological polar surface area (TPSA) is 92.8 Å². The molecule has 1 heterocycles. The van der Waals surface area contributed by atoms with Gasteiger partial charge in [0.05, 0.1) is 10.6 Å². The Morgan fingerprint density at radius 3 is 2.46 bits per heavy atom. The summed E-state index contributed by atoms with van der Waals surface area (Å²) in [5.74, 6) is -1.20. The number of halogens is 1. The lowest BCUT2D eigenvalue weighted by Gasteiger charge is -2.21. The van der Waals surface area contributed by atoms with Gasteiger partial charge in [-0.3, -0.25) is 4.79 Å². The van der Waals surface area contributed by atoms with Crippen molar-refractivity contribution in [1.29, 1.82) is 0 Å². The minimum absolute atomic E-state index is 0.0343. The van der Waals surface area contributed by atoms with Crippen molar-refractivity contribution >= 4 is 33.5 Å². The van der Waals surface area contributed by atoms with Gasteiger partial charge in [0, 0.05) is 19.6 Å². The van der Waals surface area contributed by atoms with Crippen molar-refractivity contribution in [3.63, 3.8) is 0 Å². The van der Waals surface area contributed by atoms with Crippen molar-refractivity contribution < 1.29 is 22.7 Å². The van der Waals surface area contributed by atoms with Crippen LogP contribution in [0.2, 0.25) is 5.02 Å². The van der Waals surface area contributed by atoms with E-state index in [2.05, 4.69) is 5.32 Å². The minimum atomic E-state index is -3.80. The molecule has 0 aliphatic carbocycles. The molecule has 1 aromatic carbocycles. The first-order valence-corrected chi connectivity index (χ1v) is 10.4. The third-order valence-corrected chi connectivity index (χ3v) is 6.44. The molecule has 1 aliphatic heterocycles. The highest BCUT2D eigenvalue weighted by Crippen LogP contribution is 2.27. The lowest BCUT2D eigenvalue weighted by molar-refractivity contribution is -0.124. The summed E-state index contributed by atoms with van der Waals surface area (Å²) < 4.78 is 32.1. The van der Waals surface area contributed by atoms with Crippen LogP contribution in [0.3, 0.4) is 0 Å². The van der Waals surface area contributed by atoms with Gasteiger partial charge in [-0.25, -0.2) is 13.2 Å². The average molecular weight is 403 g/mol. The highest BCUT2D eigenvalue weighted by molar-refractivity contribution is 7.89. The van der Waals surface area contributed by atoms with Crippen LogP contribution < -0.4 is 5.32 Å². The molecule has 7 nitrogen and oxygen atoms in total. The summed E-state index contributed by atoms with van der Waals surface area (Å²) in [7, 11) is -3.80. The number of benzene rings is 1. The van der Waals surface area contributed by atoms with Gasteiger partial charge in [0.1, 0.15) is 4.90 Å². The van der Waals surface area contributed by atoms with E-state index >= 15 is 0 Å². The monoisotopic (exact) mass is 402 g/mol. The zero-order valence-electron chi connectivity index (χ0n) is 14.7. The Kier molecular flexibility index (Phi) is 7.43. The second kappa shape index (κ2) is 9.34. The van der Waals surface area contributed by atoms with Gasteiger partial charge in [-0.15, -0.1) is 0 Å². The summed E-state index contributed by atoms with van der Waals surface area (Å²) in [5.41, 5.74) is 0.0343. The van der Waals surface area contributed by atoms with E-state index in [1.54, 1.807) is 6.92 Å². The lowest BCUT2D eigenvalue weighted by atomic mass is 10.2. The van der Waals surface area contributed by atoms with Gasteiger partial charge in [-0.05, 0) is 38.0 Å². The van der Waals surface area contributed by atoms with Crippen LogP contribution in [0.5, 0.6) is 0 Å². The van der Waals surface area contributed by atoms with Crippen molar-refractivity contribution in [2.75, 3.05) is 26.2 Å². The molecular formula is C17H23ClN2O5S. The number of amides is 1. The number of nitrogens with zero attached hydrogens (tertiary/aromatic N) is 1. The van der Waals surface area contributed by atoms with Crippen LogP contribution in [0.15, 0.2) is 23.1 Å². The van der Waals surface area contributed by atoms with E-state index in [1.807, 2.05) is 0 Å². The van der Waals surface area contributed by atoms with E-state index in [-0.39, 0.29) is 15.5 Å². The van der Waals surface area contributed by atoms with E-state index in [0.717, 1.165) is 25.7 Å². The first-order chi connectivity index (χ1) is 12.4. The summed E-state index contributed by atoms with van der Waals surface area (Å²) in [5, 5.41) is 2.56. The number of rotatable bonds is 6. The summed E-state index contributed by atoms with van der Waals surface area (Å²) in [4.78, 5) is 23.4. The summed E-state index contributed by atoms with van der Waals surface area (Å²) in [6, 6.07) is 3.95. The predicted octanol–water partition coefficient (Wildman–Crippen LogP) is 2.20. The first kappa shape index (κ1) is 20.7. The zero-order valence-corrected chi connectivity index (χ0v) is 16.2. The molecule has 0 radical (unpaired) electrons. The fourth-order valence-corrected chi connectivity index (χ4v) is 4.73. The Balaban J connectivity index is 2.20. The number of nitrogens with one attached hydrogen (secondary N) is 1. The number of esters is 1. The zero-order chi connectivity index (χ0) is 19.2. The number of hydrogen-bond acceptors (Lipinski definition) is 5. The van der Waals surface area contributed by atoms with Crippen LogP contribution in [0.1, 0.15) is 43.0 Å². The SMILES string of the molecule is CCNC(=O)COC(=O)c1ccc(Cl)c(S(=O)(=O)N2CCCCCC2)c1. The maximum atomic E-state index is 12.9. The van der Waals surface area contributed by atoms with Crippen LogP contribution >= 0.6 is 11.6 Å². The number of likely N-dealkylation sites (N-methyl/N-ethyl adjacent to an activating group) is 1. The van der Waals surface area contributed by atoms with Gasteiger partial charge in [-0.1, -0.05) is 24.4 Å². The van der Waals surface area contributed by atoms with E-state index in [9.17, 15) is 18.0 Å². The largest absolute Gasteiger partial charge is 0.452 e. The van der Waals surface area contributed by atoms with Crippen molar-refractivity contribution in [3.8, 4) is 0 Å². The highest BCUT2D eigenvalue weighted by atomic mass is 35.5. The molecule has 0 aromatic heterocycles. The van der Waals surface area contributed by atoms with E-state index in [1.165, 1.54) is 22.5 Å². The maximum Gasteiger partial charge on any atom is 0.338 e. The lowest BCUT2D eigenvalue weighted by Crippen LogP contribution is -2.32. The molecule has 1 saturated heterocycles. The normalized spacial score (nSPS) is 15.9. The standard InChI is InChI=1S/C17H23ClN2O5S/c1-2-19-16(21)12-25-17(22)13-7-8-14(18)15(11-13)26(23,24)20-9-5-3-4-6-10-20/h7-8,11H,2-6,9-10,12H2,1H3,(H,19,21). The number of carbonyl (C=O) groups is 2. The van der Waals surface area contributed by atoms with E-state index in [4.69, 9.17) is 16.3 Å². The Morgan fingerprint density at radius 1 is 1.19 bits per heavy atom. The smallest absolute Gasteiger partial charge is 0.338 e. The van der Waals surface area contributed by atoms with E-state index in [0.29, 0.717) is 19.6 Å². The molecule has 144 valence electrons. The van der Waals surface area contributed by atoms with Crippen LogP contribution in [0, 0.1) is 0 Å². The molecule has 1 aromatic rings. The van der Waals surface area contributed by atoms with Gasteiger partial charge in [0.15, 0.2) is 6.61 Å². The van der Waals surface area contributed by atoms with E-state index < -0.39 is 28.5 Å². The molecule has 26 heavy (non-hydrogen) atoms. The molecule has 1 amide bonds. The summed E-state index contributed by atoms with van der Waals surface area (Å²) in [6.07, 6.45) is 3.58. The van der Waals surface area contributed by atoms with Crippen LogP contribution in [-0.2, 0) is 19.6 Å². The fourth-order valence-electron chi connectivity index (χ4n) is 2.71. The number of ether oxygens (including phenoxy) is 1. The first-order valence-electron chi connectivity index (χ1n) is 8.59. The molecular weight excluding hydrogens is 380 g/mol. The summed E-state index contributed by atoms with van der Waals surface area (Å²) >= 11 is 6.09. The number of sulfonamides is 1. The predicted molar refractivity (Wildman–Crippen MR) is 97.6 cm³/mol. The van der Waals surface area contributed by atoms with Crippen molar-refractivity contribution in [1.82, 2.24) is 9.62 Å². The van der Waals surface area contributed by atoms with Crippen molar-refractivity contribution in [3.05, 3.63) is 28.8 Å². The molecule has 1 aliphatic rings. The van der Waals surface area contributed by atoms with Crippen LogP contribution in [0.25, 0.3) is 0 Å². The Labute approximate surface area is 158 Å². The fraction of sp³-hybridized carbons (Fsp3) is 0.529. The number of carbonyl (C=O) groups excluding carboxylic acids is 2. The molecule has 2 rings (SSSR count). The molecule has 0 saturated carbocycles.